The second-order valence-corrected chi connectivity index (χ2v) is 1.01. The van der Waals surface area contributed by atoms with Crippen molar-refractivity contribution in [1.29, 1.82) is 0 Å². The number of carboxylic acids is 1. The molecular formula is C3H10BNaO3. The zero-order valence-corrected chi connectivity index (χ0v) is 3.38. The van der Waals surface area contributed by atoms with Gasteiger partial charge in [-0.15, -0.1) is 0 Å². The van der Waals surface area contributed by atoms with Crippen molar-refractivity contribution >= 4 is 43.9 Å². The van der Waals surface area contributed by atoms with Crippen LogP contribution in [-0.4, -0.2) is 60.3 Å². The number of aliphatic hydroxyl groups is 1. The van der Waals surface area contributed by atoms with Crippen LogP contribution in [0.4, 0.5) is 0 Å². The normalized spacial score (nSPS) is 10.2. The Morgan fingerprint density at radius 3 is 1.75 bits per heavy atom. The maximum absolute atomic E-state index is 9.45. The van der Waals surface area contributed by atoms with Crippen molar-refractivity contribution < 1.29 is 15.0 Å². The first-order chi connectivity index (χ1) is 2.64. The van der Waals surface area contributed by atoms with Gasteiger partial charge in [0.05, 0.1) is 8.41 Å². The topological polar surface area (TPSA) is 57.5 Å². The Morgan fingerprint density at radius 2 is 1.75 bits per heavy atom. The summed E-state index contributed by atoms with van der Waals surface area (Å²) in [4.78, 5) is 9.45. The first-order valence-electron chi connectivity index (χ1n) is 1.55. The van der Waals surface area contributed by atoms with Crippen LogP contribution in [0.5, 0.6) is 0 Å². The van der Waals surface area contributed by atoms with Crippen molar-refractivity contribution in [3.8, 4) is 0 Å². The van der Waals surface area contributed by atoms with Crippen LogP contribution in [0.2, 0.25) is 0 Å². The Morgan fingerprint density at radius 1 is 1.62 bits per heavy atom. The molecule has 0 aliphatic heterocycles. The maximum atomic E-state index is 9.45. The second kappa shape index (κ2) is 7.49. The molecule has 0 aromatic rings. The predicted octanol–water partition coefficient (Wildman–Crippen LogP) is -2.38. The van der Waals surface area contributed by atoms with Crippen LogP contribution in [0.3, 0.4) is 0 Å². The monoisotopic (exact) mass is 128 g/mol. The van der Waals surface area contributed by atoms with Gasteiger partial charge in [0.25, 0.3) is 0 Å². The van der Waals surface area contributed by atoms with Crippen LogP contribution in [0.1, 0.15) is 6.92 Å². The fraction of sp³-hybridized carbons (Fsp3) is 0.667. The van der Waals surface area contributed by atoms with Crippen LogP contribution in [0, 0.1) is 0 Å². The standard InChI is InChI=1S/C3H6O3.BH3.Na.H/c1-2(4)3(5)6;;;/h2,4H,1H3,(H,5,6);1H3;;. The third-order valence-corrected chi connectivity index (χ3v) is 0.357. The van der Waals surface area contributed by atoms with Crippen molar-refractivity contribution in [2.24, 2.45) is 0 Å². The van der Waals surface area contributed by atoms with Crippen molar-refractivity contribution in [3.05, 3.63) is 0 Å². The number of hydrogen-bond acceptors (Lipinski definition) is 2. The van der Waals surface area contributed by atoms with E-state index < -0.39 is 12.1 Å². The van der Waals surface area contributed by atoms with Crippen molar-refractivity contribution in [2.45, 2.75) is 13.0 Å². The molecule has 0 spiro atoms. The molecule has 0 bridgehead atoms. The summed E-state index contributed by atoms with van der Waals surface area (Å²) in [5.74, 6) is -1.19. The van der Waals surface area contributed by atoms with E-state index in [-0.39, 0.29) is 38.0 Å². The predicted molar refractivity (Wildman–Crippen MR) is 36.4 cm³/mol. The molecule has 0 rings (SSSR count). The zero-order chi connectivity index (χ0) is 5.15. The Balaban J connectivity index is -0.000000125. The van der Waals surface area contributed by atoms with E-state index in [9.17, 15) is 4.79 Å². The Hall–Kier alpha value is 0.495. The molecule has 3 nitrogen and oxygen atoms in total. The number of aliphatic carboxylic acids is 1. The molecule has 0 radical (unpaired) electrons. The molecule has 2 N–H and O–H groups in total. The summed E-state index contributed by atoms with van der Waals surface area (Å²) in [7, 11) is 0. The van der Waals surface area contributed by atoms with Gasteiger partial charge in [-0.2, -0.15) is 0 Å². The van der Waals surface area contributed by atoms with Crippen LogP contribution in [-0.2, 0) is 4.79 Å². The van der Waals surface area contributed by atoms with Crippen LogP contribution >= 0.6 is 0 Å². The molecule has 0 saturated carbocycles. The molecule has 0 saturated heterocycles. The molecule has 0 aromatic heterocycles. The molecule has 1 atom stereocenters. The summed E-state index contributed by atoms with van der Waals surface area (Å²) in [6.07, 6.45) is -1.23. The van der Waals surface area contributed by atoms with E-state index in [1.165, 1.54) is 6.92 Å². The molecular weight excluding hydrogens is 118 g/mol. The van der Waals surface area contributed by atoms with E-state index in [4.69, 9.17) is 10.2 Å². The molecule has 5 heteroatoms. The van der Waals surface area contributed by atoms with Crippen molar-refractivity contribution in [3.63, 3.8) is 0 Å². The summed E-state index contributed by atoms with van der Waals surface area (Å²) in [5, 5.41) is 15.8. The third-order valence-electron chi connectivity index (χ3n) is 0.357. The van der Waals surface area contributed by atoms with Gasteiger partial charge in [-0.05, 0) is 6.92 Å². The van der Waals surface area contributed by atoms with Gasteiger partial charge in [-0.25, -0.2) is 4.79 Å². The first-order valence-corrected chi connectivity index (χ1v) is 1.55. The number of carboxylic acid groups (broad SMARTS) is 1. The van der Waals surface area contributed by atoms with Crippen LogP contribution in [0.25, 0.3) is 0 Å². The molecule has 0 amide bonds. The van der Waals surface area contributed by atoms with Gasteiger partial charge in [0.2, 0.25) is 0 Å². The number of aliphatic hydroxyl groups excluding tert-OH is 1. The van der Waals surface area contributed by atoms with Gasteiger partial charge in [-0.3, -0.25) is 0 Å². The fourth-order valence-corrected chi connectivity index (χ4v) is 0. The molecule has 1 unspecified atom stereocenters. The van der Waals surface area contributed by atoms with E-state index in [0.717, 1.165) is 0 Å². The molecule has 0 aliphatic carbocycles. The number of rotatable bonds is 1. The minimum atomic E-state index is -1.23. The van der Waals surface area contributed by atoms with E-state index in [1.807, 2.05) is 0 Å². The molecule has 0 aliphatic rings. The van der Waals surface area contributed by atoms with Gasteiger partial charge in [0.15, 0.2) is 0 Å². The number of hydrogen-bond donors (Lipinski definition) is 2. The van der Waals surface area contributed by atoms with Gasteiger partial charge < -0.3 is 10.2 Å². The fourth-order valence-electron chi connectivity index (χ4n) is 0. The summed E-state index contributed by atoms with van der Waals surface area (Å²) in [6, 6.07) is 0. The molecule has 0 aromatic carbocycles. The van der Waals surface area contributed by atoms with Crippen LogP contribution < -0.4 is 0 Å². The molecule has 0 heterocycles. The average Bonchev–Trinajstić information content (AvgIpc) is 1.36. The Kier molecular flexibility index (Phi) is 14.8. The van der Waals surface area contributed by atoms with Gasteiger partial charge >= 0.3 is 35.5 Å². The van der Waals surface area contributed by atoms with E-state index in [1.54, 1.807) is 0 Å². The van der Waals surface area contributed by atoms with Crippen molar-refractivity contribution in [1.82, 2.24) is 0 Å². The van der Waals surface area contributed by atoms with Gasteiger partial charge in [0.1, 0.15) is 6.10 Å². The van der Waals surface area contributed by atoms with E-state index in [2.05, 4.69) is 0 Å². The summed E-state index contributed by atoms with van der Waals surface area (Å²) in [5.41, 5.74) is 0. The molecule has 0 fully saturated rings. The quantitative estimate of drug-likeness (QED) is 0.387. The minimum absolute atomic E-state index is 0. The Bertz CT molecular complexity index is 65.5. The SMILES string of the molecule is B.CC(O)C(=O)O.[NaH]. The van der Waals surface area contributed by atoms with Gasteiger partial charge in [0, 0.05) is 0 Å². The van der Waals surface area contributed by atoms with Crippen LogP contribution in [0.15, 0.2) is 0 Å². The first kappa shape index (κ1) is 15.8. The Labute approximate surface area is 72.0 Å². The summed E-state index contributed by atoms with van der Waals surface area (Å²) >= 11 is 0. The molecule has 8 heavy (non-hydrogen) atoms. The van der Waals surface area contributed by atoms with E-state index in [0.29, 0.717) is 0 Å². The van der Waals surface area contributed by atoms with Crippen molar-refractivity contribution in [2.75, 3.05) is 0 Å². The average molecular weight is 128 g/mol. The van der Waals surface area contributed by atoms with Gasteiger partial charge in [-0.1, -0.05) is 0 Å². The second-order valence-electron chi connectivity index (χ2n) is 1.01. The zero-order valence-electron chi connectivity index (χ0n) is 3.38. The van der Waals surface area contributed by atoms with E-state index >= 15 is 0 Å². The summed E-state index contributed by atoms with van der Waals surface area (Å²) < 4.78 is 0. The molecule has 44 valence electrons. The number of carbonyl (C=O) groups is 1. The third kappa shape index (κ3) is 9.71. The summed E-state index contributed by atoms with van der Waals surface area (Å²) in [6.45, 7) is 1.20.